The average molecular weight is 560 g/mol. The first kappa shape index (κ1) is 25.4. The van der Waals surface area contributed by atoms with E-state index >= 15 is 0 Å². The lowest BCUT2D eigenvalue weighted by atomic mass is 10.2. The van der Waals surface area contributed by atoms with Crippen molar-refractivity contribution in [3.05, 3.63) is 70.2 Å². The summed E-state index contributed by atoms with van der Waals surface area (Å²) >= 11 is 3.20. The predicted octanol–water partition coefficient (Wildman–Crippen LogP) is 3.96. The van der Waals surface area contributed by atoms with Gasteiger partial charge in [0.15, 0.2) is 0 Å². The highest BCUT2D eigenvalue weighted by atomic mass is 79.9. The molecule has 36 heavy (non-hydrogen) atoms. The first-order valence-electron chi connectivity index (χ1n) is 11.1. The van der Waals surface area contributed by atoms with E-state index in [1.54, 1.807) is 43.3 Å². The van der Waals surface area contributed by atoms with Crippen molar-refractivity contribution in [1.82, 2.24) is 25.6 Å². The number of hydrogen-bond donors (Lipinski definition) is 3. The second-order valence-electron chi connectivity index (χ2n) is 8.58. The lowest BCUT2D eigenvalue weighted by molar-refractivity contribution is -0.124. The molecule has 0 atom stereocenters. The van der Waals surface area contributed by atoms with Crippen LogP contribution < -0.4 is 20.9 Å². The van der Waals surface area contributed by atoms with Gasteiger partial charge in [-0.05, 0) is 43.2 Å². The van der Waals surface area contributed by atoms with Crippen molar-refractivity contribution in [2.75, 3.05) is 24.3 Å². The van der Waals surface area contributed by atoms with Crippen LogP contribution in [0.15, 0.2) is 53.4 Å². The van der Waals surface area contributed by atoms with Gasteiger partial charge in [-0.1, -0.05) is 15.9 Å². The zero-order chi connectivity index (χ0) is 25.9. The summed E-state index contributed by atoms with van der Waals surface area (Å²) in [4.78, 5) is 39.6. The Hall–Kier alpha value is -3.67. The number of nitrogens with one attached hydrogen (secondary N) is 3. The van der Waals surface area contributed by atoms with Crippen molar-refractivity contribution in [1.29, 1.82) is 0 Å². The molecule has 1 saturated carbocycles. The lowest BCUT2D eigenvalue weighted by Gasteiger charge is -2.17. The molecule has 0 unspecified atom stereocenters. The summed E-state index contributed by atoms with van der Waals surface area (Å²) in [6.07, 6.45) is 2.76. The number of carbonyl (C=O) groups is 2. The molecule has 0 saturated heterocycles. The van der Waals surface area contributed by atoms with Gasteiger partial charge in [0.2, 0.25) is 11.9 Å². The highest BCUT2D eigenvalue weighted by Crippen LogP contribution is 2.36. The van der Waals surface area contributed by atoms with Crippen LogP contribution in [-0.4, -0.2) is 46.4 Å². The molecular formula is C24H24BrF2N7O2. The van der Waals surface area contributed by atoms with Crippen LogP contribution in [0.5, 0.6) is 0 Å². The van der Waals surface area contributed by atoms with E-state index in [1.807, 2.05) is 0 Å². The van der Waals surface area contributed by atoms with Gasteiger partial charge in [-0.25, -0.2) is 18.7 Å². The van der Waals surface area contributed by atoms with Crippen molar-refractivity contribution in [2.45, 2.75) is 31.4 Å². The van der Waals surface area contributed by atoms with Gasteiger partial charge in [0.05, 0.1) is 29.7 Å². The van der Waals surface area contributed by atoms with Crippen LogP contribution in [0.25, 0.3) is 0 Å². The van der Waals surface area contributed by atoms with Crippen LogP contribution >= 0.6 is 15.9 Å². The van der Waals surface area contributed by atoms with E-state index in [4.69, 9.17) is 0 Å². The Morgan fingerprint density at radius 3 is 2.39 bits per heavy atom. The molecule has 4 rings (SSSR count). The molecule has 12 heteroatoms. The topological polar surface area (TPSA) is 112 Å². The van der Waals surface area contributed by atoms with Gasteiger partial charge in [-0.3, -0.25) is 14.6 Å². The fourth-order valence-electron chi connectivity index (χ4n) is 3.42. The first-order chi connectivity index (χ1) is 17.2. The molecule has 1 fully saturated rings. The quantitative estimate of drug-likeness (QED) is 0.363. The first-order valence-corrected chi connectivity index (χ1v) is 11.9. The van der Waals surface area contributed by atoms with E-state index < -0.39 is 17.9 Å². The second-order valence-corrected chi connectivity index (χ2v) is 9.50. The fraction of sp³-hybridized carbons (Fsp3) is 0.292. The van der Waals surface area contributed by atoms with Crippen LogP contribution in [0.4, 0.5) is 26.1 Å². The Morgan fingerprint density at radius 2 is 1.81 bits per heavy atom. The maximum Gasteiger partial charge on any atom is 0.265 e. The summed E-state index contributed by atoms with van der Waals surface area (Å²) in [6, 6.07) is 7.97. The number of amides is 2. The minimum absolute atomic E-state index is 0.127. The third-order valence-electron chi connectivity index (χ3n) is 5.62. The van der Waals surface area contributed by atoms with Crippen LogP contribution in [-0.2, 0) is 11.3 Å². The van der Waals surface area contributed by atoms with Gasteiger partial charge >= 0.3 is 0 Å². The Balaban J connectivity index is 1.32. The number of benzene rings is 1. The largest absolute Gasteiger partial charge is 0.354 e. The summed E-state index contributed by atoms with van der Waals surface area (Å²) in [5, 5.41) is 8.53. The molecule has 2 amide bonds. The molecule has 0 radical (unpaired) electrons. The predicted molar refractivity (Wildman–Crippen MR) is 134 cm³/mol. The molecule has 2 heterocycles. The average Bonchev–Trinajstić information content (AvgIpc) is 3.65. The van der Waals surface area contributed by atoms with Gasteiger partial charge in [0.1, 0.15) is 5.54 Å². The molecular weight excluding hydrogens is 536 g/mol. The van der Waals surface area contributed by atoms with E-state index in [-0.39, 0.29) is 29.3 Å². The minimum Gasteiger partial charge on any atom is -0.354 e. The molecule has 1 aliphatic rings. The third kappa shape index (κ3) is 5.93. The summed E-state index contributed by atoms with van der Waals surface area (Å²) in [6.45, 7) is 0.151. The molecule has 0 bridgehead atoms. The maximum atomic E-state index is 13.3. The normalized spacial score (nSPS) is 13.7. The lowest BCUT2D eigenvalue weighted by Crippen LogP contribution is -2.48. The zero-order valence-electron chi connectivity index (χ0n) is 19.6. The number of hydrogen-bond acceptors (Lipinski definition) is 7. The number of nitrogens with zero attached hydrogens (tertiary/aromatic N) is 4. The third-order valence-corrected chi connectivity index (χ3v) is 6.11. The molecule has 2 aromatic heterocycles. The van der Waals surface area contributed by atoms with Gasteiger partial charge in [0.25, 0.3) is 12.3 Å². The monoisotopic (exact) mass is 559 g/mol. The minimum atomic E-state index is -2.63. The molecule has 1 aromatic carbocycles. The van der Waals surface area contributed by atoms with Crippen LogP contribution in [0.1, 0.15) is 40.9 Å². The summed E-state index contributed by atoms with van der Waals surface area (Å²) < 4.78 is 27.2. The maximum absolute atomic E-state index is 13.3. The van der Waals surface area contributed by atoms with Crippen LogP contribution in [0, 0.1) is 0 Å². The van der Waals surface area contributed by atoms with Crippen molar-refractivity contribution in [3.8, 4) is 0 Å². The Labute approximate surface area is 214 Å². The van der Waals surface area contributed by atoms with E-state index in [1.165, 1.54) is 24.7 Å². The van der Waals surface area contributed by atoms with E-state index in [0.717, 1.165) is 0 Å². The number of carbonyl (C=O) groups excluding carboxylic acids is 2. The number of halogens is 3. The highest BCUT2D eigenvalue weighted by molar-refractivity contribution is 9.10. The van der Waals surface area contributed by atoms with Gasteiger partial charge in [-0.15, -0.1) is 0 Å². The van der Waals surface area contributed by atoms with Gasteiger partial charge < -0.3 is 20.9 Å². The number of anilines is 3. The summed E-state index contributed by atoms with van der Waals surface area (Å²) in [7, 11) is 3.59. The molecule has 9 nitrogen and oxygen atoms in total. The number of aromatic nitrogens is 3. The number of pyridine rings is 1. The van der Waals surface area contributed by atoms with Crippen molar-refractivity contribution in [3.63, 3.8) is 0 Å². The van der Waals surface area contributed by atoms with Crippen molar-refractivity contribution < 1.29 is 18.4 Å². The van der Waals surface area contributed by atoms with Gasteiger partial charge in [-0.2, -0.15) is 0 Å². The molecule has 3 N–H and O–H groups in total. The molecule has 188 valence electrons. The SMILES string of the molecule is CN(C)c1ncc(C(=O)NC2(C(=O)NCc3ccc(Nc4ccc(Br)cc4C(F)F)cn3)CC2)cn1. The number of alkyl halides is 2. The van der Waals surface area contributed by atoms with Crippen molar-refractivity contribution >= 4 is 45.1 Å². The highest BCUT2D eigenvalue weighted by Gasteiger charge is 2.51. The van der Waals surface area contributed by atoms with E-state index in [0.29, 0.717) is 34.6 Å². The van der Waals surface area contributed by atoms with Gasteiger partial charge in [0, 0.05) is 42.2 Å². The molecule has 3 aromatic rings. The Morgan fingerprint density at radius 1 is 1.08 bits per heavy atom. The van der Waals surface area contributed by atoms with Crippen LogP contribution in [0.2, 0.25) is 0 Å². The molecule has 0 spiro atoms. The van der Waals surface area contributed by atoms with E-state index in [9.17, 15) is 18.4 Å². The Kier molecular flexibility index (Phi) is 7.43. The van der Waals surface area contributed by atoms with E-state index in [2.05, 4.69) is 46.8 Å². The Bertz CT molecular complexity index is 1250. The van der Waals surface area contributed by atoms with Crippen molar-refractivity contribution in [2.24, 2.45) is 0 Å². The van der Waals surface area contributed by atoms with Crippen LogP contribution in [0.3, 0.4) is 0 Å². The smallest absolute Gasteiger partial charge is 0.265 e. The zero-order valence-corrected chi connectivity index (χ0v) is 21.1. The second kappa shape index (κ2) is 10.5. The molecule has 0 aliphatic heterocycles. The standard InChI is InChI=1S/C24H24BrF2N7O2/c1-34(2)23-30-10-14(11-31-23)21(35)33-24(7-8-24)22(36)29-12-16-4-5-17(13-28-16)32-19-6-3-15(25)9-18(19)20(26)27/h3-6,9-11,13,20,32H,7-8,12H2,1-2H3,(H,29,36)(H,33,35). The fourth-order valence-corrected chi connectivity index (χ4v) is 3.80. The summed E-state index contributed by atoms with van der Waals surface area (Å²) in [5.41, 5.74) is 0.565. The molecule has 1 aliphatic carbocycles. The summed E-state index contributed by atoms with van der Waals surface area (Å²) in [5.74, 6) is -0.245. The number of rotatable bonds is 9.